The largest absolute Gasteiger partial charge is 0.416 e. The molecule has 0 aliphatic carbocycles. The lowest BCUT2D eigenvalue weighted by Crippen LogP contribution is -2.35. The van der Waals surface area contributed by atoms with E-state index >= 15 is 0 Å². The van der Waals surface area contributed by atoms with Crippen LogP contribution < -0.4 is 10.2 Å². The van der Waals surface area contributed by atoms with E-state index in [1.165, 1.54) is 19.1 Å². The van der Waals surface area contributed by atoms with Crippen LogP contribution in [0.2, 0.25) is 0 Å². The average molecular weight is 417 g/mol. The molecule has 1 atom stereocenters. The number of nitrogens with one attached hydrogen (secondary N) is 1. The fourth-order valence-electron chi connectivity index (χ4n) is 3.37. The van der Waals surface area contributed by atoms with Crippen molar-refractivity contribution in [1.82, 2.24) is 20.4 Å². The molecule has 0 spiro atoms. The first-order valence-electron chi connectivity index (χ1n) is 9.29. The molecule has 1 unspecified atom stereocenters. The van der Waals surface area contributed by atoms with Crippen LogP contribution in [0.4, 0.5) is 19.0 Å². The quantitative estimate of drug-likeness (QED) is 0.699. The lowest BCUT2D eigenvalue weighted by molar-refractivity contribution is -0.137. The van der Waals surface area contributed by atoms with Gasteiger partial charge in [-0.05, 0) is 30.7 Å². The molecule has 2 aromatic heterocycles. The molecule has 10 heteroatoms. The molecule has 1 saturated heterocycles. The topological polar surface area (TPSA) is 84.2 Å². The molecule has 30 heavy (non-hydrogen) atoms. The summed E-state index contributed by atoms with van der Waals surface area (Å²) in [6.45, 7) is 2.94. The van der Waals surface area contributed by atoms with Crippen molar-refractivity contribution >= 4 is 11.7 Å². The van der Waals surface area contributed by atoms with Gasteiger partial charge in [-0.15, -0.1) is 0 Å². The first kappa shape index (κ1) is 19.9. The smallest absolute Gasteiger partial charge is 0.354 e. The third-order valence-corrected chi connectivity index (χ3v) is 4.79. The number of hydrogen-bond donors (Lipinski definition) is 1. The minimum Gasteiger partial charge on any atom is -0.354 e. The molecule has 3 aromatic rings. The van der Waals surface area contributed by atoms with Gasteiger partial charge < -0.3 is 14.7 Å². The molecule has 0 radical (unpaired) electrons. The molecule has 1 aromatic carbocycles. The molecular formula is C20H18F3N5O2. The van der Waals surface area contributed by atoms with E-state index in [9.17, 15) is 18.0 Å². The standard InChI is InChI=1S/C20H18F3N5O2/c1-12(29)25-16-7-8-28(11-16)17-6-5-14(10-24-17)19-26-18(27-30-19)13-3-2-4-15(9-13)20(21,22)23/h2-6,9-10,16H,7-8,11H2,1H3,(H,25,29). The SMILES string of the molecule is CC(=O)NC1CCN(c2ccc(-c3nc(-c4cccc(C(F)(F)F)c4)no3)cn2)C1. The van der Waals surface area contributed by atoms with E-state index in [4.69, 9.17) is 4.52 Å². The van der Waals surface area contributed by atoms with Crippen LogP contribution in [0.3, 0.4) is 0 Å². The molecule has 1 aliphatic rings. The molecule has 1 fully saturated rings. The number of nitrogens with zero attached hydrogens (tertiary/aromatic N) is 4. The van der Waals surface area contributed by atoms with Gasteiger partial charge in [-0.25, -0.2) is 4.98 Å². The van der Waals surface area contributed by atoms with Crippen molar-refractivity contribution in [1.29, 1.82) is 0 Å². The Bertz CT molecular complexity index is 1050. The predicted molar refractivity (Wildman–Crippen MR) is 102 cm³/mol. The van der Waals surface area contributed by atoms with Crippen LogP contribution in [-0.4, -0.2) is 40.2 Å². The van der Waals surface area contributed by atoms with Gasteiger partial charge in [0.1, 0.15) is 5.82 Å². The summed E-state index contributed by atoms with van der Waals surface area (Å²) in [5.41, 5.74) is -0.00637. The van der Waals surface area contributed by atoms with Crippen LogP contribution in [0.15, 0.2) is 47.1 Å². The number of amides is 1. The van der Waals surface area contributed by atoms with E-state index in [-0.39, 0.29) is 29.2 Å². The highest BCUT2D eigenvalue weighted by molar-refractivity contribution is 5.73. The van der Waals surface area contributed by atoms with E-state index < -0.39 is 11.7 Å². The summed E-state index contributed by atoms with van der Waals surface area (Å²) >= 11 is 0. The monoisotopic (exact) mass is 417 g/mol. The van der Waals surface area contributed by atoms with Gasteiger partial charge in [-0.1, -0.05) is 17.3 Å². The number of rotatable bonds is 4. The molecule has 3 heterocycles. The maximum absolute atomic E-state index is 12.9. The molecule has 156 valence electrons. The first-order valence-corrected chi connectivity index (χ1v) is 9.29. The highest BCUT2D eigenvalue weighted by Gasteiger charge is 2.31. The fourth-order valence-corrected chi connectivity index (χ4v) is 3.37. The minimum atomic E-state index is -4.45. The maximum Gasteiger partial charge on any atom is 0.416 e. The molecule has 1 aliphatic heterocycles. The lowest BCUT2D eigenvalue weighted by atomic mass is 10.1. The average Bonchev–Trinajstić information content (AvgIpc) is 3.37. The van der Waals surface area contributed by atoms with Crippen molar-refractivity contribution in [3.05, 3.63) is 48.2 Å². The Kier molecular flexibility index (Phi) is 5.15. The lowest BCUT2D eigenvalue weighted by Gasteiger charge is -2.17. The molecule has 7 nitrogen and oxygen atoms in total. The van der Waals surface area contributed by atoms with Crippen molar-refractivity contribution in [3.63, 3.8) is 0 Å². The van der Waals surface area contributed by atoms with Crippen LogP contribution in [0.5, 0.6) is 0 Å². The Hall–Kier alpha value is -3.43. The predicted octanol–water partition coefficient (Wildman–Crippen LogP) is 3.53. The van der Waals surface area contributed by atoms with Gasteiger partial charge in [0.2, 0.25) is 11.7 Å². The second kappa shape index (κ2) is 7.77. The number of aromatic nitrogens is 3. The number of benzene rings is 1. The van der Waals surface area contributed by atoms with Crippen molar-refractivity contribution in [2.24, 2.45) is 0 Å². The first-order chi connectivity index (χ1) is 14.3. The van der Waals surface area contributed by atoms with Gasteiger partial charge in [0, 0.05) is 37.8 Å². The summed E-state index contributed by atoms with van der Waals surface area (Å²) < 4.78 is 43.9. The van der Waals surface area contributed by atoms with Crippen LogP contribution in [0.25, 0.3) is 22.8 Å². The van der Waals surface area contributed by atoms with E-state index in [0.717, 1.165) is 30.9 Å². The van der Waals surface area contributed by atoms with Gasteiger partial charge in [-0.2, -0.15) is 18.2 Å². The summed E-state index contributed by atoms with van der Waals surface area (Å²) in [7, 11) is 0. The Morgan fingerprint density at radius 3 is 2.77 bits per heavy atom. The number of pyridine rings is 1. The molecule has 1 N–H and O–H groups in total. The number of halogens is 3. The third-order valence-electron chi connectivity index (χ3n) is 4.79. The van der Waals surface area contributed by atoms with Crippen LogP contribution in [0.1, 0.15) is 18.9 Å². The van der Waals surface area contributed by atoms with E-state index in [2.05, 4.69) is 25.3 Å². The van der Waals surface area contributed by atoms with Crippen molar-refractivity contribution in [3.8, 4) is 22.8 Å². The second-order valence-corrected chi connectivity index (χ2v) is 7.04. The summed E-state index contributed by atoms with van der Waals surface area (Å²) in [4.78, 5) is 21.9. The summed E-state index contributed by atoms with van der Waals surface area (Å²) in [5, 5.41) is 6.69. The zero-order valence-electron chi connectivity index (χ0n) is 16.0. The van der Waals surface area contributed by atoms with E-state index in [1.807, 2.05) is 0 Å². The number of carbonyl (C=O) groups is 1. The fraction of sp³-hybridized carbons (Fsp3) is 0.300. The number of alkyl halides is 3. The van der Waals surface area contributed by atoms with Crippen molar-refractivity contribution in [2.75, 3.05) is 18.0 Å². The van der Waals surface area contributed by atoms with E-state index in [0.29, 0.717) is 12.1 Å². The summed E-state index contributed by atoms with van der Waals surface area (Å²) in [6.07, 6.45) is -2.03. The minimum absolute atomic E-state index is 0.0573. The second-order valence-electron chi connectivity index (χ2n) is 7.04. The number of anilines is 1. The van der Waals surface area contributed by atoms with Gasteiger partial charge >= 0.3 is 6.18 Å². The van der Waals surface area contributed by atoms with E-state index in [1.54, 1.807) is 18.3 Å². The van der Waals surface area contributed by atoms with Gasteiger partial charge in [0.15, 0.2) is 0 Å². The Morgan fingerprint density at radius 2 is 2.07 bits per heavy atom. The maximum atomic E-state index is 12.9. The Labute approximate surface area is 169 Å². The van der Waals surface area contributed by atoms with Gasteiger partial charge in [-0.3, -0.25) is 4.79 Å². The molecule has 0 bridgehead atoms. The number of carbonyl (C=O) groups excluding carboxylic acids is 1. The highest BCUT2D eigenvalue weighted by atomic mass is 19.4. The van der Waals surface area contributed by atoms with Gasteiger partial charge in [0.25, 0.3) is 5.89 Å². The molecule has 4 rings (SSSR count). The highest BCUT2D eigenvalue weighted by Crippen LogP contribution is 2.32. The Morgan fingerprint density at radius 1 is 1.23 bits per heavy atom. The summed E-state index contributed by atoms with van der Waals surface area (Å²) in [6, 6.07) is 8.42. The van der Waals surface area contributed by atoms with Crippen LogP contribution in [-0.2, 0) is 11.0 Å². The zero-order chi connectivity index (χ0) is 21.3. The Balaban J connectivity index is 1.49. The number of hydrogen-bond acceptors (Lipinski definition) is 6. The van der Waals surface area contributed by atoms with Crippen molar-refractivity contribution < 1.29 is 22.5 Å². The normalized spacial score (nSPS) is 16.7. The van der Waals surface area contributed by atoms with Crippen LogP contribution >= 0.6 is 0 Å². The summed E-state index contributed by atoms with van der Waals surface area (Å²) in [5.74, 6) is 0.930. The molecule has 0 saturated carbocycles. The van der Waals surface area contributed by atoms with Gasteiger partial charge in [0.05, 0.1) is 11.1 Å². The molecular weight excluding hydrogens is 399 g/mol. The zero-order valence-corrected chi connectivity index (χ0v) is 16.0. The van der Waals surface area contributed by atoms with Crippen molar-refractivity contribution in [2.45, 2.75) is 25.6 Å². The van der Waals surface area contributed by atoms with Crippen LogP contribution in [0, 0.1) is 0 Å². The third kappa shape index (κ3) is 4.27. The molecule has 1 amide bonds.